The number of rotatable bonds is 8. The Labute approximate surface area is 157 Å². The van der Waals surface area contributed by atoms with Crippen molar-refractivity contribution < 1.29 is 19.2 Å². The van der Waals surface area contributed by atoms with Gasteiger partial charge in [-0.25, -0.2) is 0 Å². The molecular weight excluding hydrogens is 348 g/mol. The van der Waals surface area contributed by atoms with Crippen molar-refractivity contribution in [3.8, 4) is 0 Å². The number of hydrogen-bond acceptors (Lipinski definition) is 5. The highest BCUT2D eigenvalue weighted by molar-refractivity contribution is 5.95. The number of carbonyl (C=O) groups is 2. The van der Waals surface area contributed by atoms with Gasteiger partial charge in [0.15, 0.2) is 6.61 Å². The summed E-state index contributed by atoms with van der Waals surface area (Å²) >= 11 is 0. The van der Waals surface area contributed by atoms with Crippen LogP contribution in [0, 0.1) is 16.0 Å². The fourth-order valence-corrected chi connectivity index (χ4v) is 2.74. The highest BCUT2D eigenvalue weighted by atomic mass is 16.6. The first-order chi connectivity index (χ1) is 12.9. The highest BCUT2D eigenvalue weighted by Gasteiger charge is 2.28. The van der Waals surface area contributed by atoms with Crippen molar-refractivity contribution in [3.05, 3.63) is 70.3 Å². The number of nitrogens with one attached hydrogen (secondary N) is 1. The maximum Gasteiger partial charge on any atom is 0.314 e. The monoisotopic (exact) mass is 370 g/mol. The van der Waals surface area contributed by atoms with Crippen LogP contribution in [0.1, 0.15) is 31.7 Å². The number of nitro benzene ring substituents is 1. The van der Waals surface area contributed by atoms with Crippen LogP contribution < -0.4 is 5.32 Å². The molecule has 0 saturated heterocycles. The second kappa shape index (κ2) is 9.47. The number of carbonyl (C=O) groups excluding carboxylic acids is 2. The maximum absolute atomic E-state index is 12.6. The average Bonchev–Trinajstić information content (AvgIpc) is 2.67. The molecule has 0 heterocycles. The van der Waals surface area contributed by atoms with Gasteiger partial charge in [-0.05, 0) is 17.5 Å². The molecule has 0 bridgehead atoms. The van der Waals surface area contributed by atoms with E-state index < -0.39 is 29.3 Å². The first-order valence-corrected chi connectivity index (χ1v) is 8.68. The molecule has 2 aromatic rings. The average molecular weight is 370 g/mol. The highest BCUT2D eigenvalue weighted by Crippen LogP contribution is 2.28. The van der Waals surface area contributed by atoms with E-state index >= 15 is 0 Å². The lowest BCUT2D eigenvalue weighted by atomic mass is 9.86. The minimum atomic E-state index is -0.631. The van der Waals surface area contributed by atoms with E-state index in [0.29, 0.717) is 0 Å². The van der Waals surface area contributed by atoms with Crippen LogP contribution in [0.4, 0.5) is 11.4 Å². The van der Waals surface area contributed by atoms with Crippen molar-refractivity contribution in [1.82, 2.24) is 0 Å². The van der Waals surface area contributed by atoms with Gasteiger partial charge in [0.25, 0.3) is 11.6 Å². The number of esters is 1. The zero-order chi connectivity index (χ0) is 19.8. The van der Waals surface area contributed by atoms with Gasteiger partial charge in [-0.2, -0.15) is 0 Å². The van der Waals surface area contributed by atoms with Crippen molar-refractivity contribution >= 4 is 23.3 Å². The van der Waals surface area contributed by atoms with Gasteiger partial charge in [0, 0.05) is 6.07 Å². The third-order valence-electron chi connectivity index (χ3n) is 4.35. The second-order valence-corrected chi connectivity index (χ2v) is 6.20. The number of anilines is 1. The second-order valence-electron chi connectivity index (χ2n) is 6.20. The van der Waals surface area contributed by atoms with Gasteiger partial charge in [0.2, 0.25) is 0 Å². The van der Waals surface area contributed by atoms with Crippen molar-refractivity contribution in [3.63, 3.8) is 0 Å². The smallest absolute Gasteiger partial charge is 0.314 e. The Morgan fingerprint density at radius 2 is 1.74 bits per heavy atom. The van der Waals surface area contributed by atoms with E-state index in [1.165, 1.54) is 18.2 Å². The summed E-state index contributed by atoms with van der Waals surface area (Å²) in [7, 11) is 0. The largest absolute Gasteiger partial charge is 0.455 e. The fourth-order valence-electron chi connectivity index (χ4n) is 2.74. The topological polar surface area (TPSA) is 98.5 Å². The molecule has 0 aromatic heterocycles. The van der Waals surface area contributed by atoms with E-state index in [1.807, 2.05) is 44.2 Å². The molecule has 2 aromatic carbocycles. The Morgan fingerprint density at radius 1 is 1.11 bits per heavy atom. The van der Waals surface area contributed by atoms with Crippen LogP contribution in [0.5, 0.6) is 0 Å². The van der Waals surface area contributed by atoms with E-state index in [4.69, 9.17) is 4.74 Å². The van der Waals surface area contributed by atoms with Gasteiger partial charge in [-0.1, -0.05) is 62.7 Å². The quantitative estimate of drug-likeness (QED) is 0.431. The number of nitro groups is 1. The van der Waals surface area contributed by atoms with Crippen molar-refractivity contribution in [2.24, 2.45) is 5.92 Å². The van der Waals surface area contributed by atoms with Crippen molar-refractivity contribution in [1.29, 1.82) is 0 Å². The molecule has 0 fully saturated rings. The summed E-state index contributed by atoms with van der Waals surface area (Å²) in [6.07, 6.45) is 0.775. The predicted octanol–water partition coefficient (Wildman–Crippen LogP) is 3.91. The molecule has 0 saturated carbocycles. The van der Waals surface area contributed by atoms with Gasteiger partial charge in [-0.15, -0.1) is 0 Å². The number of nitrogens with zero attached hydrogens (tertiary/aromatic N) is 1. The minimum absolute atomic E-state index is 0.0400. The normalized spacial score (nSPS) is 12.7. The molecule has 1 N–H and O–H groups in total. The SMILES string of the molecule is CC[C@H](C)[C@@H](C(=O)OCC(=O)Nc1ccccc1[N+](=O)[O-])c1ccccc1. The van der Waals surface area contributed by atoms with Crippen LogP contribution in [-0.4, -0.2) is 23.4 Å². The standard InChI is InChI=1S/C20H22N2O5/c1-3-14(2)19(15-9-5-4-6-10-15)20(24)27-13-18(23)21-16-11-7-8-12-17(16)22(25)26/h4-12,14,19H,3,13H2,1-2H3,(H,21,23)/t14-,19+/m0/s1. The number of para-hydroxylation sites is 2. The van der Waals surface area contributed by atoms with Crippen LogP contribution >= 0.6 is 0 Å². The molecule has 2 atom stereocenters. The van der Waals surface area contributed by atoms with Gasteiger partial charge in [0.05, 0.1) is 10.8 Å². The Balaban J connectivity index is 2.03. The summed E-state index contributed by atoms with van der Waals surface area (Å²) < 4.78 is 5.20. The molecule has 7 heteroatoms. The Bertz CT molecular complexity index is 807. The number of benzene rings is 2. The van der Waals surface area contributed by atoms with Crippen LogP contribution in [0.3, 0.4) is 0 Å². The zero-order valence-electron chi connectivity index (χ0n) is 15.3. The molecule has 0 aliphatic heterocycles. The molecule has 0 spiro atoms. The summed E-state index contributed by atoms with van der Waals surface area (Å²) in [6, 6.07) is 15.0. The first-order valence-electron chi connectivity index (χ1n) is 8.68. The van der Waals surface area contributed by atoms with Gasteiger partial charge in [-0.3, -0.25) is 19.7 Å². The Morgan fingerprint density at radius 3 is 2.37 bits per heavy atom. The molecule has 7 nitrogen and oxygen atoms in total. The van der Waals surface area contributed by atoms with Gasteiger partial charge < -0.3 is 10.1 Å². The lowest BCUT2D eigenvalue weighted by Gasteiger charge is -2.21. The number of amides is 1. The minimum Gasteiger partial charge on any atom is -0.455 e. The predicted molar refractivity (Wildman–Crippen MR) is 101 cm³/mol. The molecule has 0 radical (unpaired) electrons. The molecule has 0 aliphatic carbocycles. The van der Waals surface area contributed by atoms with E-state index in [-0.39, 0.29) is 17.3 Å². The van der Waals surface area contributed by atoms with Gasteiger partial charge in [0.1, 0.15) is 5.69 Å². The maximum atomic E-state index is 12.6. The van der Waals surface area contributed by atoms with E-state index in [9.17, 15) is 19.7 Å². The van der Waals surface area contributed by atoms with E-state index in [0.717, 1.165) is 12.0 Å². The summed E-state index contributed by atoms with van der Waals surface area (Å²) in [4.78, 5) is 35.1. The molecule has 0 aliphatic rings. The molecule has 142 valence electrons. The lowest BCUT2D eigenvalue weighted by Crippen LogP contribution is -2.27. The number of ether oxygens (including phenoxy) is 1. The zero-order valence-corrected chi connectivity index (χ0v) is 15.3. The van der Waals surface area contributed by atoms with Crippen molar-refractivity contribution in [2.75, 3.05) is 11.9 Å². The third-order valence-corrected chi connectivity index (χ3v) is 4.35. The van der Waals surface area contributed by atoms with Crippen LogP contribution in [0.25, 0.3) is 0 Å². The lowest BCUT2D eigenvalue weighted by molar-refractivity contribution is -0.383. The number of hydrogen-bond donors (Lipinski definition) is 1. The van der Waals surface area contributed by atoms with E-state index in [1.54, 1.807) is 6.07 Å². The van der Waals surface area contributed by atoms with Crippen LogP contribution in [-0.2, 0) is 14.3 Å². The van der Waals surface area contributed by atoms with Crippen LogP contribution in [0.15, 0.2) is 54.6 Å². The summed E-state index contributed by atoms with van der Waals surface area (Å²) in [6.45, 7) is 3.42. The molecule has 27 heavy (non-hydrogen) atoms. The summed E-state index contributed by atoms with van der Waals surface area (Å²) in [5.74, 6) is -1.56. The Hall–Kier alpha value is -3.22. The van der Waals surface area contributed by atoms with E-state index in [2.05, 4.69) is 5.32 Å². The third kappa shape index (κ3) is 5.37. The molecule has 1 amide bonds. The summed E-state index contributed by atoms with van der Waals surface area (Å²) in [5, 5.41) is 13.4. The fraction of sp³-hybridized carbons (Fsp3) is 0.300. The molecule has 0 unspecified atom stereocenters. The van der Waals surface area contributed by atoms with Crippen LogP contribution in [0.2, 0.25) is 0 Å². The van der Waals surface area contributed by atoms with Crippen molar-refractivity contribution in [2.45, 2.75) is 26.2 Å². The molecule has 2 rings (SSSR count). The summed E-state index contributed by atoms with van der Waals surface area (Å²) in [5.41, 5.74) is 0.667. The first kappa shape index (κ1) is 20.1. The Kier molecular flexibility index (Phi) is 7.05. The van der Waals surface area contributed by atoms with Gasteiger partial charge >= 0.3 is 5.97 Å². The molecular formula is C20H22N2O5.